The van der Waals surface area contributed by atoms with Gasteiger partial charge in [0.15, 0.2) is 10.3 Å². The second-order valence-corrected chi connectivity index (χ2v) is 7.48. The summed E-state index contributed by atoms with van der Waals surface area (Å²) in [6.45, 7) is 4.07. The fourth-order valence-electron chi connectivity index (χ4n) is 3.04. The maximum atomic E-state index is 6.21. The molecule has 1 atom stereocenters. The van der Waals surface area contributed by atoms with Gasteiger partial charge in [-0.2, -0.15) is 0 Å². The van der Waals surface area contributed by atoms with Crippen molar-refractivity contribution < 1.29 is 0 Å². The lowest BCUT2D eigenvalue weighted by atomic mass is 9.99. The van der Waals surface area contributed by atoms with Gasteiger partial charge in [-0.05, 0) is 19.3 Å². The van der Waals surface area contributed by atoms with Crippen LogP contribution in [0.2, 0.25) is 0 Å². The lowest BCUT2D eigenvalue weighted by Crippen LogP contribution is -2.46. The summed E-state index contributed by atoms with van der Waals surface area (Å²) in [4.78, 5) is 15.3. The molecule has 1 saturated heterocycles. The largest absolute Gasteiger partial charge is 0.345 e. The van der Waals surface area contributed by atoms with Crippen LogP contribution in [0.5, 0.6) is 0 Å². The second-order valence-electron chi connectivity index (χ2n) is 5.59. The Morgan fingerprint density at radius 1 is 1.14 bits per heavy atom. The average molecular weight is 321 g/mol. The summed E-state index contributed by atoms with van der Waals surface area (Å²) >= 11 is 3.52. The summed E-state index contributed by atoms with van der Waals surface area (Å²) in [5.74, 6) is 0. The predicted molar refractivity (Wildman–Crippen MR) is 88.5 cm³/mol. The van der Waals surface area contributed by atoms with Gasteiger partial charge in [-0.25, -0.2) is 9.97 Å². The number of piperazine rings is 1. The molecule has 4 rings (SSSR count). The molecular weight excluding hydrogens is 302 g/mol. The van der Waals surface area contributed by atoms with Gasteiger partial charge in [-0.1, -0.05) is 11.3 Å². The van der Waals surface area contributed by atoms with E-state index in [4.69, 9.17) is 10.7 Å². The molecule has 2 aromatic rings. The number of rotatable bonds is 2. The molecule has 0 radical (unpaired) electrons. The van der Waals surface area contributed by atoms with Crippen molar-refractivity contribution in [1.29, 1.82) is 0 Å². The monoisotopic (exact) mass is 321 g/mol. The first-order valence-corrected chi connectivity index (χ1v) is 9.15. The minimum absolute atomic E-state index is 0.205. The van der Waals surface area contributed by atoms with E-state index in [2.05, 4.69) is 14.8 Å². The molecule has 5 nitrogen and oxygen atoms in total. The van der Waals surface area contributed by atoms with Crippen molar-refractivity contribution in [2.45, 2.75) is 25.3 Å². The Morgan fingerprint density at radius 3 is 2.57 bits per heavy atom. The summed E-state index contributed by atoms with van der Waals surface area (Å²) in [6.07, 6.45) is 5.25. The minimum atomic E-state index is 0.205. The quantitative estimate of drug-likeness (QED) is 0.919. The van der Waals surface area contributed by atoms with Crippen LogP contribution in [-0.4, -0.2) is 36.1 Å². The molecule has 0 spiro atoms. The molecule has 2 aliphatic rings. The number of hydrogen-bond donors (Lipinski definition) is 1. The Balaban J connectivity index is 1.47. The van der Waals surface area contributed by atoms with E-state index in [0.29, 0.717) is 0 Å². The molecule has 3 heterocycles. The Hall–Kier alpha value is -1.18. The predicted octanol–water partition coefficient (Wildman–Crippen LogP) is 2.26. The van der Waals surface area contributed by atoms with E-state index < -0.39 is 0 Å². The Bertz CT molecular complexity index is 601. The van der Waals surface area contributed by atoms with Crippen molar-refractivity contribution in [3.05, 3.63) is 22.1 Å². The number of fused-ring (bicyclic) bond motifs is 1. The molecule has 0 bridgehead atoms. The van der Waals surface area contributed by atoms with Gasteiger partial charge in [0.2, 0.25) is 0 Å². The summed E-state index contributed by atoms with van der Waals surface area (Å²) in [7, 11) is 0. The molecule has 1 aliphatic heterocycles. The highest BCUT2D eigenvalue weighted by Crippen LogP contribution is 2.36. The number of aromatic nitrogens is 2. The van der Waals surface area contributed by atoms with Gasteiger partial charge in [-0.15, -0.1) is 11.3 Å². The molecular formula is C14H19N5S2. The number of thiazole rings is 2. The number of anilines is 2. The summed E-state index contributed by atoms with van der Waals surface area (Å²) in [5.41, 5.74) is 7.46. The van der Waals surface area contributed by atoms with Gasteiger partial charge >= 0.3 is 0 Å². The van der Waals surface area contributed by atoms with Crippen molar-refractivity contribution in [1.82, 2.24) is 9.97 Å². The van der Waals surface area contributed by atoms with Crippen molar-refractivity contribution in [3.63, 3.8) is 0 Å². The highest BCUT2D eigenvalue weighted by atomic mass is 32.1. The van der Waals surface area contributed by atoms with Crippen LogP contribution >= 0.6 is 22.7 Å². The summed E-state index contributed by atoms with van der Waals surface area (Å²) < 4.78 is 0. The van der Waals surface area contributed by atoms with Crippen LogP contribution in [0.25, 0.3) is 0 Å². The maximum Gasteiger partial charge on any atom is 0.185 e. The van der Waals surface area contributed by atoms with Crippen LogP contribution in [0, 0.1) is 0 Å². The van der Waals surface area contributed by atoms with Crippen LogP contribution in [0.4, 0.5) is 10.3 Å². The van der Waals surface area contributed by atoms with E-state index in [1.165, 1.54) is 17.0 Å². The van der Waals surface area contributed by atoms with E-state index >= 15 is 0 Å². The smallest absolute Gasteiger partial charge is 0.185 e. The lowest BCUT2D eigenvalue weighted by molar-refractivity contribution is 0.573. The van der Waals surface area contributed by atoms with Crippen LogP contribution < -0.4 is 15.5 Å². The third-order valence-electron chi connectivity index (χ3n) is 4.22. The molecule has 1 fully saturated rings. The van der Waals surface area contributed by atoms with Gasteiger partial charge in [0, 0.05) is 48.7 Å². The van der Waals surface area contributed by atoms with Crippen molar-refractivity contribution >= 4 is 32.9 Å². The second kappa shape index (κ2) is 5.55. The normalized spacial score (nSPS) is 22.4. The summed E-state index contributed by atoms with van der Waals surface area (Å²) in [5, 5.41) is 4.34. The Labute approximate surface area is 132 Å². The fraction of sp³-hybridized carbons (Fsp3) is 0.571. The molecule has 0 aromatic carbocycles. The van der Waals surface area contributed by atoms with Crippen molar-refractivity contribution in [2.24, 2.45) is 5.73 Å². The van der Waals surface area contributed by atoms with Crippen LogP contribution in [-0.2, 0) is 6.42 Å². The zero-order valence-electron chi connectivity index (χ0n) is 11.9. The average Bonchev–Trinajstić information content (AvgIpc) is 3.18. The van der Waals surface area contributed by atoms with Crippen molar-refractivity contribution in [2.75, 3.05) is 36.0 Å². The van der Waals surface area contributed by atoms with Crippen molar-refractivity contribution in [3.8, 4) is 0 Å². The minimum Gasteiger partial charge on any atom is -0.345 e. The highest BCUT2D eigenvalue weighted by Gasteiger charge is 2.26. The molecule has 21 heavy (non-hydrogen) atoms. The first-order chi connectivity index (χ1) is 10.3. The molecule has 0 saturated carbocycles. The standard InChI is InChI=1S/C14H19N5S2/c15-10-2-1-3-11-12(10)21-14(17-11)19-7-5-18(6-8-19)13-16-4-9-20-13/h4,9-10H,1-3,5-8,15H2. The maximum absolute atomic E-state index is 6.21. The zero-order chi connectivity index (χ0) is 14.2. The fourth-order valence-corrected chi connectivity index (χ4v) is 4.93. The highest BCUT2D eigenvalue weighted by molar-refractivity contribution is 7.15. The molecule has 2 aromatic heterocycles. The SMILES string of the molecule is NC1CCCc2nc(N3CCN(c4nccs4)CC3)sc21. The number of aryl methyl sites for hydroxylation is 1. The van der Waals surface area contributed by atoms with Gasteiger partial charge in [0.25, 0.3) is 0 Å². The molecule has 0 amide bonds. The lowest BCUT2D eigenvalue weighted by Gasteiger charge is -2.34. The van der Waals surface area contributed by atoms with Gasteiger partial charge in [-0.3, -0.25) is 0 Å². The molecule has 1 unspecified atom stereocenters. The van der Waals surface area contributed by atoms with Crippen LogP contribution in [0.15, 0.2) is 11.6 Å². The summed E-state index contributed by atoms with van der Waals surface area (Å²) in [6, 6.07) is 0.205. The zero-order valence-corrected chi connectivity index (χ0v) is 13.5. The number of hydrogen-bond acceptors (Lipinski definition) is 7. The van der Waals surface area contributed by atoms with E-state index in [-0.39, 0.29) is 6.04 Å². The third kappa shape index (κ3) is 2.54. The topological polar surface area (TPSA) is 58.3 Å². The van der Waals surface area contributed by atoms with Gasteiger partial charge < -0.3 is 15.5 Å². The Morgan fingerprint density at radius 2 is 1.90 bits per heavy atom. The van der Waals surface area contributed by atoms with E-state index in [1.807, 2.05) is 11.6 Å². The molecule has 7 heteroatoms. The first kappa shape index (κ1) is 13.5. The van der Waals surface area contributed by atoms with Gasteiger partial charge in [0.1, 0.15) is 0 Å². The third-order valence-corrected chi connectivity index (χ3v) is 6.34. The van der Waals surface area contributed by atoms with Crippen LogP contribution in [0.3, 0.4) is 0 Å². The van der Waals surface area contributed by atoms with E-state index in [1.54, 1.807) is 22.7 Å². The first-order valence-electron chi connectivity index (χ1n) is 7.46. The number of nitrogens with zero attached hydrogens (tertiary/aromatic N) is 4. The molecule has 1 aliphatic carbocycles. The van der Waals surface area contributed by atoms with E-state index in [0.717, 1.165) is 49.3 Å². The van der Waals surface area contributed by atoms with E-state index in [9.17, 15) is 0 Å². The Kier molecular flexibility index (Phi) is 3.56. The van der Waals surface area contributed by atoms with Crippen LogP contribution in [0.1, 0.15) is 29.5 Å². The molecule has 2 N–H and O–H groups in total. The molecule has 112 valence electrons. The van der Waals surface area contributed by atoms with Gasteiger partial charge in [0.05, 0.1) is 5.69 Å². The number of nitrogens with two attached hydrogens (primary N) is 1.